The molecule has 8 heteroatoms. The van der Waals surface area contributed by atoms with Crippen LogP contribution in [0.4, 0.5) is 11.4 Å². The summed E-state index contributed by atoms with van der Waals surface area (Å²) in [7, 11) is 0. The number of aliphatic imine (C=N–C) groups is 1. The van der Waals surface area contributed by atoms with Crippen molar-refractivity contribution in [1.82, 2.24) is 0 Å². The molecule has 0 saturated heterocycles. The molecular weight excluding hydrogens is 396 g/mol. The monoisotopic (exact) mass is 420 g/mol. The van der Waals surface area contributed by atoms with Crippen molar-refractivity contribution in [3.63, 3.8) is 0 Å². The number of primary amides is 1. The van der Waals surface area contributed by atoms with Gasteiger partial charge in [0.15, 0.2) is 0 Å². The number of ether oxygens (including phenoxy) is 1. The minimum atomic E-state index is -0.634. The molecule has 4 N–H and O–H groups in total. The first kappa shape index (κ1) is 23.1. The number of allylic oxidation sites excluding steroid dienone is 1. The van der Waals surface area contributed by atoms with Crippen LogP contribution in [0, 0.1) is 0 Å². The lowest BCUT2D eigenvalue weighted by Crippen LogP contribution is -2.13. The zero-order chi connectivity index (χ0) is 22.8. The van der Waals surface area contributed by atoms with Gasteiger partial charge in [-0.2, -0.15) is 0 Å². The lowest BCUT2D eigenvalue weighted by atomic mass is 10.1. The molecule has 3 amide bonds. The van der Waals surface area contributed by atoms with Gasteiger partial charge in [-0.3, -0.25) is 19.4 Å². The van der Waals surface area contributed by atoms with Crippen LogP contribution in [-0.2, 0) is 20.9 Å². The van der Waals surface area contributed by atoms with E-state index >= 15 is 0 Å². The standard InChI is InChI=1S/C23H24N4O4/c1-15(11-19(13-25-3)22(24)29)31-14-17-5-4-6-21(12-17)27-23(30)18-7-9-20(10-8-18)26-16(2)28/h4-13H,3,14H2,1-2H3,(H2,24,29)(H,26,28)(H,27,30)/b15-11+,19-13+. The van der Waals surface area contributed by atoms with Crippen LogP contribution in [0.2, 0.25) is 0 Å². The van der Waals surface area contributed by atoms with Crippen molar-refractivity contribution in [2.45, 2.75) is 20.5 Å². The second-order valence-electron chi connectivity index (χ2n) is 6.59. The third kappa shape index (κ3) is 7.62. The van der Waals surface area contributed by atoms with Gasteiger partial charge < -0.3 is 21.1 Å². The van der Waals surface area contributed by atoms with Crippen molar-refractivity contribution >= 4 is 35.8 Å². The normalized spacial score (nSPS) is 11.4. The molecule has 31 heavy (non-hydrogen) atoms. The molecule has 160 valence electrons. The highest BCUT2D eigenvalue weighted by molar-refractivity contribution is 6.04. The van der Waals surface area contributed by atoms with Crippen LogP contribution in [0.5, 0.6) is 0 Å². The maximum absolute atomic E-state index is 12.5. The number of nitrogens with one attached hydrogen (secondary N) is 2. The van der Waals surface area contributed by atoms with Crippen LogP contribution in [0.3, 0.4) is 0 Å². The summed E-state index contributed by atoms with van der Waals surface area (Å²) >= 11 is 0. The molecule has 0 saturated carbocycles. The summed E-state index contributed by atoms with van der Waals surface area (Å²) in [6.45, 7) is 6.63. The van der Waals surface area contributed by atoms with Gasteiger partial charge in [-0.25, -0.2) is 0 Å². The van der Waals surface area contributed by atoms with Crippen molar-refractivity contribution < 1.29 is 19.1 Å². The molecule has 0 aromatic heterocycles. The molecule has 0 fully saturated rings. The Balaban J connectivity index is 2.01. The van der Waals surface area contributed by atoms with Gasteiger partial charge in [0.1, 0.15) is 6.61 Å². The number of anilines is 2. The van der Waals surface area contributed by atoms with Crippen molar-refractivity contribution in [2.75, 3.05) is 10.6 Å². The van der Waals surface area contributed by atoms with Crippen LogP contribution in [0.1, 0.15) is 29.8 Å². The molecule has 0 aliphatic rings. The summed E-state index contributed by atoms with van der Waals surface area (Å²) in [5.41, 5.74) is 7.94. The van der Waals surface area contributed by atoms with E-state index in [9.17, 15) is 14.4 Å². The second kappa shape index (κ2) is 11.1. The highest BCUT2D eigenvalue weighted by Crippen LogP contribution is 2.16. The van der Waals surface area contributed by atoms with E-state index in [-0.39, 0.29) is 24.0 Å². The minimum Gasteiger partial charge on any atom is -0.494 e. The number of hydrogen-bond acceptors (Lipinski definition) is 5. The van der Waals surface area contributed by atoms with Crippen LogP contribution in [0.25, 0.3) is 0 Å². The zero-order valence-corrected chi connectivity index (χ0v) is 17.3. The van der Waals surface area contributed by atoms with E-state index in [1.165, 1.54) is 19.2 Å². The Kier molecular flexibility index (Phi) is 8.27. The Hall–Kier alpha value is -4.20. The lowest BCUT2D eigenvalue weighted by Gasteiger charge is -2.10. The number of benzene rings is 2. The number of rotatable bonds is 9. The average Bonchev–Trinajstić information content (AvgIpc) is 2.72. The number of amides is 3. The molecule has 0 heterocycles. The van der Waals surface area contributed by atoms with Crippen molar-refractivity contribution in [3.8, 4) is 0 Å². The van der Waals surface area contributed by atoms with E-state index in [1.807, 2.05) is 6.07 Å². The molecule has 0 unspecified atom stereocenters. The van der Waals surface area contributed by atoms with E-state index in [2.05, 4.69) is 22.3 Å². The van der Waals surface area contributed by atoms with Crippen molar-refractivity contribution in [2.24, 2.45) is 10.7 Å². The molecule has 0 radical (unpaired) electrons. The van der Waals surface area contributed by atoms with Crippen molar-refractivity contribution in [3.05, 3.63) is 83.3 Å². The van der Waals surface area contributed by atoms with E-state index in [4.69, 9.17) is 10.5 Å². The third-order valence-electron chi connectivity index (χ3n) is 3.99. The topological polar surface area (TPSA) is 123 Å². The van der Waals surface area contributed by atoms with Crippen LogP contribution >= 0.6 is 0 Å². The first-order chi connectivity index (χ1) is 14.8. The molecule has 0 atom stereocenters. The molecular formula is C23H24N4O4. The number of nitrogens with two attached hydrogens (primary N) is 1. The Bertz CT molecular complexity index is 1040. The second-order valence-corrected chi connectivity index (χ2v) is 6.59. The van der Waals surface area contributed by atoms with E-state index in [1.54, 1.807) is 49.4 Å². The van der Waals surface area contributed by atoms with Gasteiger partial charge in [-0.05, 0) is 61.7 Å². The van der Waals surface area contributed by atoms with E-state index < -0.39 is 5.91 Å². The van der Waals surface area contributed by atoms with E-state index in [0.717, 1.165) is 5.56 Å². The fourth-order valence-corrected chi connectivity index (χ4v) is 2.58. The Morgan fingerprint density at radius 1 is 1.06 bits per heavy atom. The zero-order valence-electron chi connectivity index (χ0n) is 17.3. The van der Waals surface area contributed by atoms with Crippen LogP contribution < -0.4 is 16.4 Å². The maximum Gasteiger partial charge on any atom is 0.255 e. The summed E-state index contributed by atoms with van der Waals surface area (Å²) in [5, 5.41) is 5.47. The highest BCUT2D eigenvalue weighted by atomic mass is 16.5. The summed E-state index contributed by atoms with van der Waals surface area (Å²) in [4.78, 5) is 38.4. The van der Waals surface area contributed by atoms with Crippen LogP contribution in [0.15, 0.2) is 77.1 Å². The van der Waals surface area contributed by atoms with Gasteiger partial charge in [0.2, 0.25) is 11.8 Å². The van der Waals surface area contributed by atoms with Gasteiger partial charge in [0.25, 0.3) is 5.91 Å². The SMILES string of the molecule is C=N/C=C(\C=C(/C)OCc1cccc(NC(=O)c2ccc(NC(C)=O)cc2)c1)C(N)=O. The smallest absolute Gasteiger partial charge is 0.255 e. The molecule has 2 aromatic carbocycles. The van der Waals surface area contributed by atoms with Gasteiger partial charge in [0, 0.05) is 30.1 Å². The number of carbonyl (C=O) groups excluding carboxylic acids is 3. The average molecular weight is 420 g/mol. The maximum atomic E-state index is 12.5. The summed E-state index contributed by atoms with van der Waals surface area (Å²) in [6, 6.07) is 13.8. The number of hydrogen-bond donors (Lipinski definition) is 3. The fourth-order valence-electron chi connectivity index (χ4n) is 2.58. The molecule has 0 aliphatic carbocycles. The highest BCUT2D eigenvalue weighted by Gasteiger charge is 2.08. The molecule has 0 aliphatic heterocycles. The Morgan fingerprint density at radius 2 is 1.77 bits per heavy atom. The predicted molar refractivity (Wildman–Crippen MR) is 121 cm³/mol. The first-order valence-electron chi connectivity index (χ1n) is 9.33. The summed E-state index contributed by atoms with van der Waals surface area (Å²) < 4.78 is 5.65. The van der Waals surface area contributed by atoms with Gasteiger partial charge in [-0.1, -0.05) is 12.1 Å². The Labute approximate surface area is 180 Å². The van der Waals surface area contributed by atoms with Gasteiger partial charge in [-0.15, -0.1) is 0 Å². The molecule has 2 rings (SSSR count). The molecule has 8 nitrogen and oxygen atoms in total. The molecule has 2 aromatic rings. The number of carbonyl (C=O) groups is 3. The van der Waals surface area contributed by atoms with Crippen LogP contribution in [-0.4, -0.2) is 24.4 Å². The predicted octanol–water partition coefficient (Wildman–Crippen LogP) is 3.39. The third-order valence-corrected chi connectivity index (χ3v) is 3.99. The first-order valence-corrected chi connectivity index (χ1v) is 9.33. The van der Waals surface area contributed by atoms with Crippen molar-refractivity contribution in [1.29, 1.82) is 0 Å². The quantitative estimate of drug-likeness (QED) is 0.249. The number of nitrogens with zero attached hydrogens (tertiary/aromatic N) is 1. The summed E-state index contributed by atoms with van der Waals surface area (Å²) in [5.74, 6) is -0.621. The summed E-state index contributed by atoms with van der Waals surface area (Å²) in [6.07, 6.45) is 2.74. The van der Waals surface area contributed by atoms with Gasteiger partial charge in [0.05, 0.1) is 11.3 Å². The minimum absolute atomic E-state index is 0.179. The van der Waals surface area contributed by atoms with Gasteiger partial charge >= 0.3 is 0 Å². The lowest BCUT2D eigenvalue weighted by molar-refractivity contribution is -0.115. The largest absolute Gasteiger partial charge is 0.494 e. The Morgan fingerprint density at radius 3 is 2.39 bits per heavy atom. The van der Waals surface area contributed by atoms with E-state index in [0.29, 0.717) is 22.7 Å². The fraction of sp³-hybridized carbons (Fsp3) is 0.130. The molecule has 0 bridgehead atoms. The molecule has 0 spiro atoms.